The molecule has 0 amide bonds. The highest BCUT2D eigenvalue weighted by Gasteiger charge is 2.33. The third-order valence-corrected chi connectivity index (χ3v) is 4.38. The van der Waals surface area contributed by atoms with E-state index in [-0.39, 0.29) is 5.69 Å². The molecule has 1 aliphatic rings. The van der Waals surface area contributed by atoms with Gasteiger partial charge in [-0.25, -0.2) is 0 Å². The molecule has 118 valence electrons. The highest BCUT2D eigenvalue weighted by Crippen LogP contribution is 2.35. The number of hydrogen-bond donors (Lipinski definition) is 2. The van der Waals surface area contributed by atoms with Gasteiger partial charge in [0, 0.05) is 17.9 Å². The Balaban J connectivity index is 1.86. The van der Waals surface area contributed by atoms with Crippen LogP contribution in [0.1, 0.15) is 44.6 Å². The summed E-state index contributed by atoms with van der Waals surface area (Å²) in [4.78, 5) is 0. The van der Waals surface area contributed by atoms with Gasteiger partial charge in [-0.2, -0.15) is 13.2 Å². The van der Waals surface area contributed by atoms with Gasteiger partial charge in [0.05, 0.1) is 5.56 Å². The average Bonchev–Trinajstić information content (AvgIpc) is 2.41. The molecule has 1 fully saturated rings. The van der Waals surface area contributed by atoms with Gasteiger partial charge in [0.1, 0.15) is 0 Å². The number of rotatable bonds is 4. The van der Waals surface area contributed by atoms with Gasteiger partial charge in [-0.3, -0.25) is 0 Å². The first-order chi connectivity index (χ1) is 9.86. The minimum absolute atomic E-state index is 0.227. The number of alkyl halides is 3. The van der Waals surface area contributed by atoms with Gasteiger partial charge in [0.15, 0.2) is 0 Å². The number of halogens is 3. The van der Waals surface area contributed by atoms with Crippen LogP contribution < -0.4 is 11.1 Å². The fraction of sp³-hybridized carbons (Fsp3) is 0.625. The summed E-state index contributed by atoms with van der Waals surface area (Å²) in [5, 5.41) is 3.09. The smallest absolute Gasteiger partial charge is 0.398 e. The summed E-state index contributed by atoms with van der Waals surface area (Å²) in [6, 6.07) is 4.01. The van der Waals surface area contributed by atoms with Crippen molar-refractivity contribution in [2.45, 2.75) is 45.2 Å². The van der Waals surface area contributed by atoms with Crippen LogP contribution in [0.2, 0.25) is 0 Å². The lowest BCUT2D eigenvalue weighted by Gasteiger charge is -2.26. The Kier molecular flexibility index (Phi) is 5.01. The van der Waals surface area contributed by atoms with Crippen LogP contribution in [0.25, 0.3) is 0 Å². The van der Waals surface area contributed by atoms with Crippen molar-refractivity contribution in [2.24, 2.45) is 11.8 Å². The van der Waals surface area contributed by atoms with E-state index in [4.69, 9.17) is 5.73 Å². The maximum Gasteiger partial charge on any atom is 0.418 e. The van der Waals surface area contributed by atoms with E-state index in [1.54, 1.807) is 6.07 Å². The minimum atomic E-state index is -4.40. The molecule has 3 N–H and O–H groups in total. The molecular formula is C16H23F3N2. The zero-order valence-electron chi connectivity index (χ0n) is 12.3. The molecule has 5 heteroatoms. The van der Waals surface area contributed by atoms with E-state index in [2.05, 4.69) is 12.2 Å². The van der Waals surface area contributed by atoms with Gasteiger partial charge >= 0.3 is 6.18 Å². The van der Waals surface area contributed by atoms with E-state index < -0.39 is 11.7 Å². The molecule has 0 saturated heterocycles. The lowest BCUT2D eigenvalue weighted by Crippen LogP contribution is -2.16. The lowest BCUT2D eigenvalue weighted by molar-refractivity contribution is -0.136. The summed E-state index contributed by atoms with van der Waals surface area (Å²) >= 11 is 0. The van der Waals surface area contributed by atoms with E-state index in [1.807, 2.05) is 0 Å². The fourth-order valence-corrected chi connectivity index (χ4v) is 2.95. The number of nitrogens with two attached hydrogens (primary N) is 1. The predicted molar refractivity (Wildman–Crippen MR) is 80.1 cm³/mol. The number of hydrogen-bond acceptors (Lipinski definition) is 2. The van der Waals surface area contributed by atoms with E-state index >= 15 is 0 Å². The van der Waals surface area contributed by atoms with Crippen molar-refractivity contribution in [2.75, 3.05) is 17.6 Å². The SMILES string of the molecule is CC1CCC(CCNc2ccc(N)c(C(F)(F)F)c2)CC1. The van der Waals surface area contributed by atoms with Crippen molar-refractivity contribution in [3.63, 3.8) is 0 Å². The van der Waals surface area contributed by atoms with Crippen molar-refractivity contribution in [3.05, 3.63) is 23.8 Å². The molecule has 1 aliphatic carbocycles. The molecule has 0 atom stereocenters. The topological polar surface area (TPSA) is 38.0 Å². The lowest BCUT2D eigenvalue weighted by atomic mass is 9.81. The summed E-state index contributed by atoms with van der Waals surface area (Å²) < 4.78 is 38.3. The van der Waals surface area contributed by atoms with Crippen LogP contribution in [0.5, 0.6) is 0 Å². The Labute approximate surface area is 123 Å². The van der Waals surface area contributed by atoms with Gasteiger partial charge in [0.2, 0.25) is 0 Å². The van der Waals surface area contributed by atoms with Gasteiger partial charge in [-0.1, -0.05) is 32.6 Å². The second kappa shape index (κ2) is 6.58. The number of anilines is 2. The van der Waals surface area contributed by atoms with Crippen molar-refractivity contribution in [1.29, 1.82) is 0 Å². The van der Waals surface area contributed by atoms with Crippen LogP contribution in [-0.4, -0.2) is 6.54 Å². The first-order valence-electron chi connectivity index (χ1n) is 7.57. The van der Waals surface area contributed by atoms with Crippen molar-refractivity contribution in [3.8, 4) is 0 Å². The molecule has 0 aromatic heterocycles. The summed E-state index contributed by atoms with van der Waals surface area (Å²) in [5.41, 5.74) is 4.88. The van der Waals surface area contributed by atoms with Crippen LogP contribution in [0.3, 0.4) is 0 Å². The minimum Gasteiger partial charge on any atom is -0.398 e. The fourth-order valence-electron chi connectivity index (χ4n) is 2.95. The zero-order chi connectivity index (χ0) is 15.5. The Bertz CT molecular complexity index is 463. The molecule has 0 bridgehead atoms. The normalized spacial score (nSPS) is 23.0. The third-order valence-electron chi connectivity index (χ3n) is 4.38. The van der Waals surface area contributed by atoms with Gasteiger partial charge < -0.3 is 11.1 Å². The standard InChI is InChI=1S/C16H23F3N2/c1-11-2-4-12(5-3-11)8-9-21-13-6-7-15(20)14(10-13)16(17,18)19/h6-7,10-12,21H,2-5,8-9,20H2,1H3. The van der Waals surface area contributed by atoms with Gasteiger partial charge in [0.25, 0.3) is 0 Å². The Morgan fingerprint density at radius 3 is 2.48 bits per heavy atom. The maximum absolute atomic E-state index is 12.8. The molecule has 2 rings (SSSR count). The molecule has 0 unspecified atom stereocenters. The maximum atomic E-state index is 12.8. The highest BCUT2D eigenvalue weighted by molar-refractivity contribution is 5.58. The number of nitrogen functional groups attached to an aromatic ring is 1. The van der Waals surface area contributed by atoms with Crippen LogP contribution in [0.15, 0.2) is 18.2 Å². The van der Waals surface area contributed by atoms with Crippen molar-refractivity contribution < 1.29 is 13.2 Å². The van der Waals surface area contributed by atoms with Crippen LogP contribution in [0, 0.1) is 11.8 Å². The summed E-state index contributed by atoms with van der Waals surface area (Å²) in [7, 11) is 0. The number of nitrogens with one attached hydrogen (secondary N) is 1. The quantitative estimate of drug-likeness (QED) is 0.775. The molecule has 1 aromatic carbocycles. The monoisotopic (exact) mass is 300 g/mol. The Hall–Kier alpha value is -1.39. The molecular weight excluding hydrogens is 277 g/mol. The molecule has 0 spiro atoms. The molecule has 0 aliphatic heterocycles. The molecule has 2 nitrogen and oxygen atoms in total. The van der Waals surface area contributed by atoms with E-state index in [1.165, 1.54) is 31.7 Å². The molecule has 1 aromatic rings. The number of benzene rings is 1. The van der Waals surface area contributed by atoms with E-state index in [9.17, 15) is 13.2 Å². The largest absolute Gasteiger partial charge is 0.418 e. The third kappa shape index (κ3) is 4.55. The molecule has 0 heterocycles. The average molecular weight is 300 g/mol. The van der Waals surface area contributed by atoms with E-state index in [0.29, 0.717) is 18.2 Å². The van der Waals surface area contributed by atoms with Gasteiger partial charge in [-0.15, -0.1) is 0 Å². The van der Waals surface area contributed by atoms with E-state index in [0.717, 1.165) is 18.4 Å². The first-order valence-corrected chi connectivity index (χ1v) is 7.57. The van der Waals surface area contributed by atoms with Crippen molar-refractivity contribution in [1.82, 2.24) is 0 Å². The summed E-state index contributed by atoms with van der Waals surface area (Å²) in [5.74, 6) is 1.52. The predicted octanol–water partition coefficient (Wildman–Crippen LogP) is 4.92. The molecule has 21 heavy (non-hydrogen) atoms. The Morgan fingerprint density at radius 2 is 1.86 bits per heavy atom. The summed E-state index contributed by atoms with van der Waals surface area (Å²) in [6.45, 7) is 2.99. The zero-order valence-corrected chi connectivity index (χ0v) is 12.3. The van der Waals surface area contributed by atoms with Gasteiger partial charge in [-0.05, 0) is 36.5 Å². The first kappa shape index (κ1) is 16.0. The molecule has 1 saturated carbocycles. The highest BCUT2D eigenvalue weighted by atomic mass is 19.4. The van der Waals surface area contributed by atoms with Crippen LogP contribution in [0.4, 0.5) is 24.5 Å². The Morgan fingerprint density at radius 1 is 1.19 bits per heavy atom. The van der Waals surface area contributed by atoms with Crippen LogP contribution in [-0.2, 0) is 6.18 Å². The van der Waals surface area contributed by atoms with Crippen LogP contribution >= 0.6 is 0 Å². The molecule has 0 radical (unpaired) electrons. The summed E-state index contributed by atoms with van der Waals surface area (Å²) in [6.07, 6.45) is 1.62. The second-order valence-corrected chi connectivity index (χ2v) is 6.14. The van der Waals surface area contributed by atoms with Crippen molar-refractivity contribution >= 4 is 11.4 Å². The second-order valence-electron chi connectivity index (χ2n) is 6.14.